The molecule has 2 aromatic carbocycles. The Kier molecular flexibility index (Phi) is 5.40. The number of carbonyl (C=O) groups is 2. The Bertz CT molecular complexity index is 742. The number of benzene rings is 2. The number of carbonyl (C=O) groups excluding carboxylic acids is 2. The third-order valence-electron chi connectivity index (χ3n) is 3.43. The van der Waals surface area contributed by atoms with Gasteiger partial charge in [0.2, 0.25) is 5.91 Å². The molecule has 0 atom stereocenters. The third-order valence-corrected chi connectivity index (χ3v) is 3.84. The second-order valence-corrected chi connectivity index (χ2v) is 6.00. The summed E-state index contributed by atoms with van der Waals surface area (Å²) in [5.74, 6) is -0.467. The van der Waals surface area contributed by atoms with Crippen molar-refractivity contribution in [3.63, 3.8) is 0 Å². The van der Waals surface area contributed by atoms with Crippen LogP contribution < -0.4 is 10.6 Å². The average molecular weight is 331 g/mol. The van der Waals surface area contributed by atoms with E-state index in [4.69, 9.17) is 11.6 Å². The lowest BCUT2D eigenvalue weighted by molar-refractivity contribution is -0.118. The monoisotopic (exact) mass is 330 g/mol. The molecule has 0 bridgehead atoms. The molecular formula is C18H19ClN2O2. The van der Waals surface area contributed by atoms with Crippen LogP contribution in [0.5, 0.6) is 0 Å². The summed E-state index contributed by atoms with van der Waals surface area (Å²) in [7, 11) is 0. The summed E-state index contributed by atoms with van der Waals surface area (Å²) in [4.78, 5) is 24.1. The molecule has 0 heterocycles. The number of amides is 2. The van der Waals surface area contributed by atoms with E-state index in [1.165, 1.54) is 0 Å². The lowest BCUT2D eigenvalue weighted by atomic mass is 10.1. The molecule has 0 fully saturated rings. The highest BCUT2D eigenvalue weighted by atomic mass is 35.5. The molecule has 4 nitrogen and oxygen atoms in total. The summed E-state index contributed by atoms with van der Waals surface area (Å²) in [5, 5.41) is 6.21. The van der Waals surface area contributed by atoms with Gasteiger partial charge >= 0.3 is 0 Å². The Morgan fingerprint density at radius 2 is 1.74 bits per heavy atom. The first-order valence-electron chi connectivity index (χ1n) is 7.36. The number of anilines is 2. The van der Waals surface area contributed by atoms with Crippen molar-refractivity contribution in [1.82, 2.24) is 0 Å². The van der Waals surface area contributed by atoms with Gasteiger partial charge in [-0.3, -0.25) is 9.59 Å². The first kappa shape index (κ1) is 17.0. The average Bonchev–Trinajstić information content (AvgIpc) is 2.52. The molecule has 23 heavy (non-hydrogen) atoms. The van der Waals surface area contributed by atoms with Gasteiger partial charge in [0.1, 0.15) is 0 Å². The van der Waals surface area contributed by atoms with Crippen molar-refractivity contribution in [3.8, 4) is 0 Å². The maximum absolute atomic E-state index is 12.4. The molecule has 2 rings (SSSR count). The van der Waals surface area contributed by atoms with Gasteiger partial charge < -0.3 is 10.6 Å². The van der Waals surface area contributed by atoms with E-state index < -0.39 is 0 Å². The summed E-state index contributed by atoms with van der Waals surface area (Å²) in [6, 6.07) is 12.2. The Labute approximate surface area is 140 Å². The summed E-state index contributed by atoms with van der Waals surface area (Å²) in [6.45, 7) is 5.47. The van der Waals surface area contributed by atoms with Crippen LogP contribution in [0.15, 0.2) is 42.5 Å². The maximum atomic E-state index is 12.4. The van der Waals surface area contributed by atoms with Crippen molar-refractivity contribution in [2.45, 2.75) is 20.8 Å². The van der Waals surface area contributed by atoms with E-state index in [0.29, 0.717) is 22.0 Å². The van der Waals surface area contributed by atoms with Crippen molar-refractivity contribution in [1.29, 1.82) is 0 Å². The van der Waals surface area contributed by atoms with E-state index in [9.17, 15) is 9.59 Å². The second kappa shape index (κ2) is 7.29. The van der Waals surface area contributed by atoms with Gasteiger partial charge in [0.25, 0.3) is 5.91 Å². The number of nitrogens with one attached hydrogen (secondary N) is 2. The fraction of sp³-hybridized carbons (Fsp3) is 0.222. The molecule has 0 radical (unpaired) electrons. The van der Waals surface area contributed by atoms with Crippen LogP contribution in [0.25, 0.3) is 0 Å². The van der Waals surface area contributed by atoms with E-state index >= 15 is 0 Å². The van der Waals surface area contributed by atoms with Gasteiger partial charge in [-0.2, -0.15) is 0 Å². The van der Waals surface area contributed by atoms with Crippen LogP contribution in [-0.4, -0.2) is 11.8 Å². The minimum absolute atomic E-state index is 0.0896. The molecule has 0 spiro atoms. The van der Waals surface area contributed by atoms with E-state index in [2.05, 4.69) is 10.6 Å². The second-order valence-electron chi connectivity index (χ2n) is 5.59. The molecule has 2 amide bonds. The van der Waals surface area contributed by atoms with Crippen LogP contribution in [0, 0.1) is 12.8 Å². The van der Waals surface area contributed by atoms with Gasteiger partial charge in [-0.15, -0.1) is 0 Å². The zero-order chi connectivity index (χ0) is 17.0. The molecule has 0 aliphatic rings. The SMILES string of the molecule is Cc1c(Cl)cccc1NC(=O)c1cccc(NC(=O)C(C)C)c1. The summed E-state index contributed by atoms with van der Waals surface area (Å²) in [5.41, 5.74) is 2.54. The van der Waals surface area contributed by atoms with Crippen LogP contribution in [0.4, 0.5) is 11.4 Å². The predicted octanol–water partition coefficient (Wildman–Crippen LogP) is 4.50. The van der Waals surface area contributed by atoms with Crippen molar-refractivity contribution in [2.75, 3.05) is 10.6 Å². The molecule has 0 saturated heterocycles. The summed E-state index contributed by atoms with van der Waals surface area (Å²) >= 11 is 6.06. The lowest BCUT2D eigenvalue weighted by Gasteiger charge is -2.11. The number of hydrogen-bond donors (Lipinski definition) is 2. The molecule has 5 heteroatoms. The van der Waals surface area contributed by atoms with Crippen molar-refractivity contribution < 1.29 is 9.59 Å². The zero-order valence-corrected chi connectivity index (χ0v) is 14.1. The minimum atomic E-state index is -0.254. The number of rotatable bonds is 4. The van der Waals surface area contributed by atoms with E-state index in [-0.39, 0.29) is 17.7 Å². The number of hydrogen-bond acceptors (Lipinski definition) is 2. The van der Waals surface area contributed by atoms with Gasteiger partial charge in [0, 0.05) is 27.9 Å². The molecule has 0 aliphatic carbocycles. The predicted molar refractivity (Wildman–Crippen MR) is 94.1 cm³/mol. The molecule has 120 valence electrons. The minimum Gasteiger partial charge on any atom is -0.326 e. The van der Waals surface area contributed by atoms with Crippen molar-refractivity contribution in [3.05, 3.63) is 58.6 Å². The Morgan fingerprint density at radius 3 is 2.43 bits per heavy atom. The molecule has 0 aliphatic heterocycles. The van der Waals surface area contributed by atoms with Crippen LogP contribution in [-0.2, 0) is 4.79 Å². The number of halogens is 1. The quantitative estimate of drug-likeness (QED) is 0.867. The first-order chi connectivity index (χ1) is 10.9. The van der Waals surface area contributed by atoms with Crippen LogP contribution >= 0.6 is 11.6 Å². The topological polar surface area (TPSA) is 58.2 Å². The van der Waals surface area contributed by atoms with E-state index in [1.807, 2.05) is 20.8 Å². The molecule has 0 unspecified atom stereocenters. The van der Waals surface area contributed by atoms with Crippen molar-refractivity contribution in [2.24, 2.45) is 5.92 Å². The smallest absolute Gasteiger partial charge is 0.255 e. The molecule has 0 aromatic heterocycles. The molecule has 2 aromatic rings. The van der Waals surface area contributed by atoms with Gasteiger partial charge in [-0.1, -0.05) is 37.6 Å². The Morgan fingerprint density at radius 1 is 1.04 bits per heavy atom. The fourth-order valence-corrected chi connectivity index (χ4v) is 2.14. The Balaban J connectivity index is 2.17. The standard InChI is InChI=1S/C18H19ClN2O2/c1-11(2)17(22)20-14-7-4-6-13(10-14)18(23)21-16-9-5-8-15(19)12(16)3/h4-11H,1-3H3,(H,20,22)(H,21,23). The van der Waals surface area contributed by atoms with Gasteiger partial charge in [0.15, 0.2) is 0 Å². The lowest BCUT2D eigenvalue weighted by Crippen LogP contribution is -2.18. The van der Waals surface area contributed by atoms with Gasteiger partial charge in [-0.05, 0) is 42.8 Å². The summed E-state index contributed by atoms with van der Waals surface area (Å²) in [6.07, 6.45) is 0. The van der Waals surface area contributed by atoms with E-state index in [0.717, 1.165) is 5.56 Å². The normalized spacial score (nSPS) is 10.5. The van der Waals surface area contributed by atoms with E-state index in [1.54, 1.807) is 42.5 Å². The zero-order valence-electron chi connectivity index (χ0n) is 13.3. The third kappa shape index (κ3) is 4.33. The molecule has 0 saturated carbocycles. The highest BCUT2D eigenvalue weighted by Crippen LogP contribution is 2.23. The largest absolute Gasteiger partial charge is 0.326 e. The molecule has 2 N–H and O–H groups in total. The fourth-order valence-electron chi connectivity index (χ4n) is 1.96. The van der Waals surface area contributed by atoms with Gasteiger partial charge in [-0.25, -0.2) is 0 Å². The van der Waals surface area contributed by atoms with Crippen LogP contribution in [0.3, 0.4) is 0 Å². The van der Waals surface area contributed by atoms with Gasteiger partial charge in [0.05, 0.1) is 0 Å². The van der Waals surface area contributed by atoms with Crippen LogP contribution in [0.2, 0.25) is 5.02 Å². The van der Waals surface area contributed by atoms with Crippen molar-refractivity contribution >= 4 is 34.8 Å². The highest BCUT2D eigenvalue weighted by molar-refractivity contribution is 6.31. The molecular weight excluding hydrogens is 312 g/mol. The Hall–Kier alpha value is -2.33. The highest BCUT2D eigenvalue weighted by Gasteiger charge is 2.11. The first-order valence-corrected chi connectivity index (χ1v) is 7.73. The summed E-state index contributed by atoms with van der Waals surface area (Å²) < 4.78 is 0. The maximum Gasteiger partial charge on any atom is 0.255 e. The van der Waals surface area contributed by atoms with Crippen LogP contribution in [0.1, 0.15) is 29.8 Å².